The summed E-state index contributed by atoms with van der Waals surface area (Å²) in [5, 5.41) is 13.2. The van der Waals surface area contributed by atoms with Crippen molar-refractivity contribution in [1.29, 1.82) is 0 Å². The smallest absolute Gasteiger partial charge is 0.311 e. The number of aromatic nitrogens is 1. The summed E-state index contributed by atoms with van der Waals surface area (Å²) in [5.74, 6) is -1.23. The maximum Gasteiger partial charge on any atom is 0.311 e. The highest BCUT2D eigenvalue weighted by atomic mass is 32.1. The zero-order chi connectivity index (χ0) is 17.6. The number of aliphatic carboxylic acids is 1. The second kappa shape index (κ2) is 6.54. The van der Waals surface area contributed by atoms with Crippen LogP contribution in [0.1, 0.15) is 53.8 Å². The molecule has 1 aliphatic carbocycles. The molecule has 1 unspecified atom stereocenters. The minimum Gasteiger partial charge on any atom is -0.481 e. The lowest BCUT2D eigenvalue weighted by Gasteiger charge is -2.19. The van der Waals surface area contributed by atoms with E-state index >= 15 is 0 Å². The second-order valence-electron chi connectivity index (χ2n) is 6.68. The van der Waals surface area contributed by atoms with Gasteiger partial charge in [0.2, 0.25) is 0 Å². The molecule has 130 valence electrons. The van der Waals surface area contributed by atoms with Crippen molar-refractivity contribution >= 4 is 38.9 Å². The number of pyridine rings is 1. The molecule has 3 aromatic rings. The highest BCUT2D eigenvalue weighted by molar-refractivity contribution is 7.19. The lowest BCUT2D eigenvalue weighted by atomic mass is 9.87. The third-order valence-corrected chi connectivity index (χ3v) is 7.15. The van der Waals surface area contributed by atoms with Gasteiger partial charge < -0.3 is 5.11 Å². The SMILES string of the molecule is CCCC(C(=O)O)c1c(C)nc2sc3c(c2c1-c1cccs1)CCC3. The van der Waals surface area contributed by atoms with E-state index in [2.05, 4.69) is 11.4 Å². The Morgan fingerprint density at radius 2 is 2.24 bits per heavy atom. The molecule has 1 atom stereocenters. The number of rotatable bonds is 5. The fraction of sp³-hybridized carbons (Fsp3) is 0.400. The van der Waals surface area contributed by atoms with E-state index in [0.717, 1.165) is 40.9 Å². The molecular formula is C20H21NO2S2. The number of carbonyl (C=O) groups is 1. The number of hydrogen-bond donors (Lipinski definition) is 1. The van der Waals surface area contributed by atoms with Crippen LogP contribution in [-0.2, 0) is 17.6 Å². The molecule has 0 bridgehead atoms. The van der Waals surface area contributed by atoms with Gasteiger partial charge in [-0.05, 0) is 55.2 Å². The van der Waals surface area contributed by atoms with Crippen LogP contribution in [-0.4, -0.2) is 16.1 Å². The van der Waals surface area contributed by atoms with Gasteiger partial charge in [0.25, 0.3) is 0 Å². The second-order valence-corrected chi connectivity index (χ2v) is 8.71. The number of carboxylic acid groups (broad SMARTS) is 1. The molecule has 0 spiro atoms. The van der Waals surface area contributed by atoms with Gasteiger partial charge in [-0.25, -0.2) is 4.98 Å². The molecule has 3 heterocycles. The van der Waals surface area contributed by atoms with Crippen molar-refractivity contribution in [2.45, 2.75) is 51.9 Å². The third kappa shape index (κ3) is 2.70. The molecule has 1 N–H and O–H groups in total. The van der Waals surface area contributed by atoms with E-state index in [1.165, 1.54) is 27.1 Å². The van der Waals surface area contributed by atoms with E-state index in [0.29, 0.717) is 6.42 Å². The first-order valence-electron chi connectivity index (χ1n) is 8.83. The fourth-order valence-electron chi connectivity index (χ4n) is 4.04. The quantitative estimate of drug-likeness (QED) is 0.617. The van der Waals surface area contributed by atoms with Crippen LogP contribution in [0.5, 0.6) is 0 Å². The Bertz CT molecular complexity index is 941. The van der Waals surface area contributed by atoms with E-state index in [4.69, 9.17) is 4.98 Å². The average Bonchev–Trinajstić information content (AvgIpc) is 3.28. The number of nitrogens with zero attached hydrogens (tertiary/aromatic N) is 1. The van der Waals surface area contributed by atoms with E-state index in [-0.39, 0.29) is 0 Å². The van der Waals surface area contributed by atoms with Crippen molar-refractivity contribution in [2.24, 2.45) is 0 Å². The number of hydrogen-bond acceptors (Lipinski definition) is 4. The molecule has 3 nitrogen and oxygen atoms in total. The number of carboxylic acids is 1. The molecule has 5 heteroatoms. The Hall–Kier alpha value is -1.72. The van der Waals surface area contributed by atoms with Gasteiger partial charge in [0.15, 0.2) is 0 Å². The Morgan fingerprint density at radius 3 is 2.92 bits per heavy atom. The molecule has 3 aromatic heterocycles. The first kappa shape index (κ1) is 16.7. The molecule has 1 aliphatic rings. The van der Waals surface area contributed by atoms with Crippen molar-refractivity contribution in [2.75, 3.05) is 0 Å². The maximum absolute atomic E-state index is 12.1. The predicted molar refractivity (Wildman–Crippen MR) is 105 cm³/mol. The fourth-order valence-corrected chi connectivity index (χ4v) is 6.15. The van der Waals surface area contributed by atoms with E-state index in [1.54, 1.807) is 22.7 Å². The van der Waals surface area contributed by atoms with Crippen molar-refractivity contribution in [3.8, 4) is 10.4 Å². The highest BCUT2D eigenvalue weighted by Crippen LogP contribution is 2.47. The average molecular weight is 372 g/mol. The van der Waals surface area contributed by atoms with Crippen LogP contribution in [0.2, 0.25) is 0 Å². The van der Waals surface area contributed by atoms with E-state index in [1.807, 2.05) is 19.9 Å². The number of thiophene rings is 2. The van der Waals surface area contributed by atoms with E-state index in [9.17, 15) is 9.90 Å². The normalized spacial score (nSPS) is 14.8. The van der Waals surface area contributed by atoms with Crippen LogP contribution in [0, 0.1) is 6.92 Å². The van der Waals surface area contributed by atoms with Gasteiger partial charge in [-0.15, -0.1) is 22.7 Å². The minimum absolute atomic E-state index is 0.490. The van der Waals surface area contributed by atoms with Crippen molar-refractivity contribution in [1.82, 2.24) is 4.98 Å². The lowest BCUT2D eigenvalue weighted by Crippen LogP contribution is -2.15. The number of fused-ring (bicyclic) bond motifs is 3. The van der Waals surface area contributed by atoms with Crippen molar-refractivity contribution in [3.63, 3.8) is 0 Å². The molecule has 0 fully saturated rings. The van der Waals surface area contributed by atoms with Crippen LogP contribution in [0.25, 0.3) is 20.7 Å². The topological polar surface area (TPSA) is 50.2 Å². The summed E-state index contributed by atoms with van der Waals surface area (Å²) >= 11 is 3.49. The summed E-state index contributed by atoms with van der Waals surface area (Å²) in [7, 11) is 0. The van der Waals surface area contributed by atoms with Gasteiger partial charge >= 0.3 is 5.97 Å². The summed E-state index contributed by atoms with van der Waals surface area (Å²) < 4.78 is 0. The molecule has 0 aliphatic heterocycles. The van der Waals surface area contributed by atoms with Crippen LogP contribution in [0.15, 0.2) is 17.5 Å². The zero-order valence-electron chi connectivity index (χ0n) is 14.5. The van der Waals surface area contributed by atoms with Gasteiger partial charge in [0, 0.05) is 26.4 Å². The van der Waals surface area contributed by atoms with Gasteiger partial charge in [-0.3, -0.25) is 4.79 Å². The summed E-state index contributed by atoms with van der Waals surface area (Å²) in [6.07, 6.45) is 4.91. The largest absolute Gasteiger partial charge is 0.481 e. The summed E-state index contributed by atoms with van der Waals surface area (Å²) in [6.45, 7) is 4.02. The third-order valence-electron chi connectivity index (χ3n) is 5.07. The summed E-state index contributed by atoms with van der Waals surface area (Å²) in [6, 6.07) is 4.17. The lowest BCUT2D eigenvalue weighted by molar-refractivity contribution is -0.139. The minimum atomic E-state index is -0.740. The van der Waals surface area contributed by atoms with Crippen LogP contribution >= 0.6 is 22.7 Å². The first-order chi connectivity index (χ1) is 12.1. The van der Waals surface area contributed by atoms with Gasteiger partial charge in [0.1, 0.15) is 4.83 Å². The Balaban J connectivity index is 2.09. The molecule has 25 heavy (non-hydrogen) atoms. The Kier molecular flexibility index (Phi) is 4.38. The molecule has 0 saturated heterocycles. The molecule has 0 amide bonds. The first-order valence-corrected chi connectivity index (χ1v) is 10.5. The number of aryl methyl sites for hydroxylation is 3. The predicted octanol–water partition coefficient (Wildman–Crippen LogP) is 5.79. The summed E-state index contributed by atoms with van der Waals surface area (Å²) in [4.78, 5) is 20.6. The Labute approximate surface area is 155 Å². The summed E-state index contributed by atoms with van der Waals surface area (Å²) in [5.41, 5.74) is 4.35. The van der Waals surface area contributed by atoms with Crippen molar-refractivity contribution < 1.29 is 9.90 Å². The Morgan fingerprint density at radius 1 is 1.40 bits per heavy atom. The molecule has 4 rings (SSSR count). The zero-order valence-corrected chi connectivity index (χ0v) is 16.1. The monoisotopic (exact) mass is 371 g/mol. The van der Waals surface area contributed by atoms with Crippen LogP contribution < -0.4 is 0 Å². The van der Waals surface area contributed by atoms with Crippen LogP contribution in [0.4, 0.5) is 0 Å². The van der Waals surface area contributed by atoms with Crippen molar-refractivity contribution in [3.05, 3.63) is 39.2 Å². The van der Waals surface area contributed by atoms with Crippen LogP contribution in [0.3, 0.4) is 0 Å². The molecular weight excluding hydrogens is 350 g/mol. The molecule has 0 aromatic carbocycles. The molecule has 0 radical (unpaired) electrons. The maximum atomic E-state index is 12.1. The van der Waals surface area contributed by atoms with E-state index < -0.39 is 11.9 Å². The molecule has 0 saturated carbocycles. The standard InChI is InChI=1S/C20H21NO2S2/c1-3-6-13(20(22)23)16-11(2)21-19-17(12-7-4-8-14(12)25-19)18(16)15-9-5-10-24-15/h5,9-10,13H,3-4,6-8H2,1-2H3,(H,22,23). The van der Waals surface area contributed by atoms with Gasteiger partial charge in [0.05, 0.1) is 5.92 Å². The highest BCUT2D eigenvalue weighted by Gasteiger charge is 2.30. The van der Waals surface area contributed by atoms with Gasteiger partial charge in [-0.1, -0.05) is 19.4 Å². The van der Waals surface area contributed by atoms with Gasteiger partial charge in [-0.2, -0.15) is 0 Å².